The predicted octanol–water partition coefficient (Wildman–Crippen LogP) is 3.70. The molecule has 0 amide bonds. The largest absolute Gasteiger partial charge is 0.377 e. The summed E-state index contributed by atoms with van der Waals surface area (Å²) in [6.45, 7) is 5.20. The van der Waals surface area contributed by atoms with Crippen LogP contribution in [0.4, 0.5) is 0 Å². The lowest BCUT2D eigenvalue weighted by Gasteiger charge is -2.15. The first-order valence-corrected chi connectivity index (χ1v) is 8.16. The van der Waals surface area contributed by atoms with Gasteiger partial charge in [-0.1, -0.05) is 19.1 Å². The van der Waals surface area contributed by atoms with Crippen molar-refractivity contribution in [2.45, 2.75) is 36.0 Å². The fraction of sp³-hybridized carbons (Fsp3) is 0.571. The van der Waals surface area contributed by atoms with Gasteiger partial charge in [0.05, 0.1) is 6.10 Å². The van der Waals surface area contributed by atoms with Crippen LogP contribution in [0.2, 0.25) is 0 Å². The number of nitrogens with one attached hydrogen (secondary N) is 1. The van der Waals surface area contributed by atoms with Crippen molar-refractivity contribution < 1.29 is 4.74 Å². The molecule has 0 radical (unpaired) electrons. The van der Waals surface area contributed by atoms with Crippen LogP contribution in [0.25, 0.3) is 0 Å². The summed E-state index contributed by atoms with van der Waals surface area (Å²) in [5, 5.41) is 4.07. The standard InChI is InChI=1S/C14H20BrNOS/c1-11(9-16-10-12-5-4-8-17-12)18-14-7-3-2-6-13(14)15/h2-3,6-7,11-12,16H,4-5,8-10H2,1H3. The highest BCUT2D eigenvalue weighted by molar-refractivity contribution is 9.10. The number of thioether (sulfide) groups is 1. The number of hydrogen-bond acceptors (Lipinski definition) is 3. The lowest BCUT2D eigenvalue weighted by Crippen LogP contribution is -2.30. The molecule has 1 fully saturated rings. The molecule has 2 atom stereocenters. The van der Waals surface area contributed by atoms with E-state index in [2.05, 4.69) is 52.4 Å². The number of rotatable bonds is 6. The van der Waals surface area contributed by atoms with E-state index in [0.717, 1.165) is 19.7 Å². The van der Waals surface area contributed by atoms with Gasteiger partial charge < -0.3 is 10.1 Å². The van der Waals surface area contributed by atoms with Crippen LogP contribution in [0.5, 0.6) is 0 Å². The molecular formula is C14H20BrNOS. The average Bonchev–Trinajstić information content (AvgIpc) is 2.85. The van der Waals surface area contributed by atoms with Gasteiger partial charge in [0, 0.05) is 34.3 Å². The fourth-order valence-corrected chi connectivity index (χ4v) is 3.59. The van der Waals surface area contributed by atoms with Crippen LogP contribution in [0.1, 0.15) is 19.8 Å². The molecule has 1 aliphatic rings. The Morgan fingerprint density at radius 3 is 3.06 bits per heavy atom. The van der Waals surface area contributed by atoms with E-state index in [0.29, 0.717) is 11.4 Å². The Morgan fingerprint density at radius 1 is 1.50 bits per heavy atom. The Morgan fingerprint density at radius 2 is 2.33 bits per heavy atom. The van der Waals surface area contributed by atoms with Crippen molar-refractivity contribution in [3.8, 4) is 0 Å². The van der Waals surface area contributed by atoms with E-state index in [-0.39, 0.29) is 0 Å². The zero-order valence-electron chi connectivity index (χ0n) is 10.7. The predicted molar refractivity (Wildman–Crippen MR) is 81.3 cm³/mol. The van der Waals surface area contributed by atoms with Gasteiger partial charge in [0.25, 0.3) is 0 Å². The minimum absolute atomic E-state index is 0.436. The van der Waals surface area contributed by atoms with Gasteiger partial charge >= 0.3 is 0 Å². The van der Waals surface area contributed by atoms with Crippen LogP contribution in [-0.2, 0) is 4.74 Å². The van der Waals surface area contributed by atoms with Crippen molar-refractivity contribution in [3.63, 3.8) is 0 Å². The molecule has 1 N–H and O–H groups in total. The van der Waals surface area contributed by atoms with E-state index in [4.69, 9.17) is 4.74 Å². The smallest absolute Gasteiger partial charge is 0.0700 e. The maximum absolute atomic E-state index is 5.60. The minimum atomic E-state index is 0.436. The van der Waals surface area contributed by atoms with Crippen molar-refractivity contribution in [2.24, 2.45) is 0 Å². The Bertz CT molecular complexity index is 369. The number of benzene rings is 1. The third-order valence-corrected chi connectivity index (χ3v) is 5.13. The second-order valence-corrected chi connectivity index (χ2v) is 6.99. The molecular weight excluding hydrogens is 310 g/mol. The zero-order chi connectivity index (χ0) is 12.8. The second-order valence-electron chi connectivity index (χ2n) is 4.65. The maximum atomic E-state index is 5.60. The van der Waals surface area contributed by atoms with Gasteiger partial charge in [-0.3, -0.25) is 0 Å². The highest BCUT2D eigenvalue weighted by Gasteiger charge is 2.15. The molecule has 2 unspecified atom stereocenters. The summed E-state index contributed by atoms with van der Waals surface area (Å²) >= 11 is 5.49. The monoisotopic (exact) mass is 329 g/mol. The minimum Gasteiger partial charge on any atom is -0.377 e. The van der Waals surface area contributed by atoms with Crippen LogP contribution in [0.3, 0.4) is 0 Å². The molecule has 1 aliphatic heterocycles. The zero-order valence-corrected chi connectivity index (χ0v) is 13.1. The molecule has 0 spiro atoms. The van der Waals surface area contributed by atoms with Crippen LogP contribution < -0.4 is 5.32 Å². The molecule has 2 rings (SSSR count). The Labute approximate surface area is 122 Å². The van der Waals surface area contributed by atoms with E-state index in [9.17, 15) is 0 Å². The normalized spacial score (nSPS) is 21.1. The van der Waals surface area contributed by atoms with E-state index < -0.39 is 0 Å². The van der Waals surface area contributed by atoms with Gasteiger partial charge in [-0.05, 0) is 40.9 Å². The summed E-state index contributed by atoms with van der Waals surface area (Å²) in [6, 6.07) is 8.38. The third-order valence-electron chi connectivity index (χ3n) is 2.99. The lowest BCUT2D eigenvalue weighted by molar-refractivity contribution is 0.110. The molecule has 4 heteroatoms. The molecule has 0 bridgehead atoms. The van der Waals surface area contributed by atoms with Crippen molar-refractivity contribution in [1.82, 2.24) is 5.32 Å². The molecule has 1 aromatic rings. The number of ether oxygens (including phenoxy) is 1. The average molecular weight is 330 g/mol. The molecule has 2 nitrogen and oxygen atoms in total. The second kappa shape index (κ2) is 7.53. The lowest BCUT2D eigenvalue weighted by atomic mass is 10.2. The fourth-order valence-electron chi connectivity index (χ4n) is 2.05. The van der Waals surface area contributed by atoms with Crippen molar-refractivity contribution in [1.29, 1.82) is 0 Å². The molecule has 100 valence electrons. The molecule has 1 saturated heterocycles. The van der Waals surface area contributed by atoms with Crippen LogP contribution >= 0.6 is 27.7 Å². The van der Waals surface area contributed by atoms with Gasteiger partial charge in [0.2, 0.25) is 0 Å². The molecule has 18 heavy (non-hydrogen) atoms. The summed E-state index contributed by atoms with van der Waals surface area (Å²) in [7, 11) is 0. The van der Waals surface area contributed by atoms with Crippen molar-refractivity contribution >= 4 is 27.7 Å². The quantitative estimate of drug-likeness (QED) is 0.804. The first-order valence-electron chi connectivity index (χ1n) is 6.49. The molecule has 0 aromatic heterocycles. The molecule has 0 aliphatic carbocycles. The summed E-state index contributed by atoms with van der Waals surface area (Å²) in [4.78, 5) is 1.31. The topological polar surface area (TPSA) is 21.3 Å². The first-order chi connectivity index (χ1) is 8.75. The van der Waals surface area contributed by atoms with Gasteiger partial charge in [0.1, 0.15) is 0 Å². The first kappa shape index (κ1) is 14.4. The van der Waals surface area contributed by atoms with Gasteiger partial charge in [-0.15, -0.1) is 11.8 Å². The number of hydrogen-bond donors (Lipinski definition) is 1. The Balaban J connectivity index is 1.68. The van der Waals surface area contributed by atoms with E-state index in [1.54, 1.807) is 0 Å². The van der Waals surface area contributed by atoms with Crippen LogP contribution in [0.15, 0.2) is 33.6 Å². The van der Waals surface area contributed by atoms with E-state index in [1.807, 2.05) is 11.8 Å². The van der Waals surface area contributed by atoms with Crippen LogP contribution in [-0.4, -0.2) is 31.1 Å². The van der Waals surface area contributed by atoms with Crippen LogP contribution in [0, 0.1) is 0 Å². The summed E-state index contributed by atoms with van der Waals surface area (Å²) < 4.78 is 6.78. The molecule has 1 aromatic carbocycles. The Hall–Kier alpha value is -0.0300. The summed E-state index contributed by atoms with van der Waals surface area (Å²) in [6.07, 6.45) is 2.86. The van der Waals surface area contributed by atoms with Crippen molar-refractivity contribution in [2.75, 3.05) is 19.7 Å². The van der Waals surface area contributed by atoms with Gasteiger partial charge in [0.15, 0.2) is 0 Å². The summed E-state index contributed by atoms with van der Waals surface area (Å²) in [5.74, 6) is 0. The van der Waals surface area contributed by atoms with Gasteiger partial charge in [-0.25, -0.2) is 0 Å². The van der Waals surface area contributed by atoms with Crippen molar-refractivity contribution in [3.05, 3.63) is 28.7 Å². The third kappa shape index (κ3) is 4.57. The SMILES string of the molecule is CC(CNCC1CCCO1)Sc1ccccc1Br. The highest BCUT2D eigenvalue weighted by atomic mass is 79.9. The van der Waals surface area contributed by atoms with E-state index in [1.165, 1.54) is 22.2 Å². The molecule has 1 heterocycles. The number of halogens is 1. The van der Waals surface area contributed by atoms with E-state index >= 15 is 0 Å². The maximum Gasteiger partial charge on any atom is 0.0700 e. The molecule has 0 saturated carbocycles. The highest BCUT2D eigenvalue weighted by Crippen LogP contribution is 2.29. The van der Waals surface area contributed by atoms with Gasteiger partial charge in [-0.2, -0.15) is 0 Å². The Kier molecular flexibility index (Phi) is 6.02. The summed E-state index contributed by atoms with van der Waals surface area (Å²) in [5.41, 5.74) is 0.